The summed E-state index contributed by atoms with van der Waals surface area (Å²) in [5.41, 5.74) is 0.864. The van der Waals surface area contributed by atoms with Crippen molar-refractivity contribution in [3.63, 3.8) is 0 Å². The van der Waals surface area contributed by atoms with E-state index in [4.69, 9.17) is 0 Å². The van der Waals surface area contributed by atoms with Crippen molar-refractivity contribution in [2.75, 3.05) is 0 Å². The first kappa shape index (κ1) is 14.6. The molecule has 0 N–H and O–H groups in total. The monoisotopic (exact) mass is 338 g/mol. The van der Waals surface area contributed by atoms with Gasteiger partial charge >= 0.3 is 0 Å². The van der Waals surface area contributed by atoms with Gasteiger partial charge < -0.3 is 0 Å². The van der Waals surface area contributed by atoms with E-state index in [0.717, 1.165) is 0 Å². The molecule has 0 fully saturated rings. The third-order valence-electron chi connectivity index (χ3n) is 2.87. The van der Waals surface area contributed by atoms with Crippen LogP contribution in [0.5, 0.6) is 0 Å². The summed E-state index contributed by atoms with van der Waals surface area (Å²) in [6.07, 6.45) is 1.19. The van der Waals surface area contributed by atoms with Gasteiger partial charge in [0.2, 0.25) is 0 Å². The summed E-state index contributed by atoms with van der Waals surface area (Å²) in [6.45, 7) is 1.69. The maximum Gasteiger partial charge on any atom is 0.174 e. The van der Waals surface area contributed by atoms with E-state index in [2.05, 4.69) is 21.0 Å². The molecule has 0 amide bonds. The molecule has 2 aromatic rings. The fourth-order valence-electron chi connectivity index (χ4n) is 1.93. The molecule has 104 valence electrons. The van der Waals surface area contributed by atoms with Crippen LogP contribution in [-0.2, 0) is 7.05 Å². The van der Waals surface area contributed by atoms with E-state index >= 15 is 0 Å². The second kappa shape index (κ2) is 5.66. The van der Waals surface area contributed by atoms with Crippen molar-refractivity contribution in [1.82, 2.24) is 9.78 Å². The molecule has 20 heavy (non-hydrogen) atoms. The topological polar surface area (TPSA) is 52.0 Å². The maximum absolute atomic E-state index is 13.7. The SMILES string of the molecule is Cc1nn(C)cc1C(=O)CC(=O)c1ccc(Br)cc1F. The summed E-state index contributed by atoms with van der Waals surface area (Å²) < 4.78 is 15.7. The van der Waals surface area contributed by atoms with Gasteiger partial charge in [-0.25, -0.2) is 4.39 Å². The number of rotatable bonds is 4. The third-order valence-corrected chi connectivity index (χ3v) is 3.36. The zero-order chi connectivity index (χ0) is 14.9. The van der Waals surface area contributed by atoms with Gasteiger partial charge in [0.15, 0.2) is 11.6 Å². The summed E-state index contributed by atoms with van der Waals surface area (Å²) in [6, 6.07) is 4.13. The Kier molecular flexibility index (Phi) is 4.13. The van der Waals surface area contributed by atoms with E-state index in [1.807, 2.05) is 0 Å². The number of Topliss-reactive ketones (excluding diaryl/α,β-unsaturated/α-hetero) is 2. The molecular formula is C14H12BrFN2O2. The summed E-state index contributed by atoms with van der Waals surface area (Å²) in [4.78, 5) is 24.0. The highest BCUT2D eigenvalue weighted by Gasteiger charge is 2.19. The third kappa shape index (κ3) is 3.01. The van der Waals surface area contributed by atoms with Gasteiger partial charge in [0.1, 0.15) is 5.82 Å². The molecule has 0 aliphatic heterocycles. The lowest BCUT2D eigenvalue weighted by atomic mass is 10.0. The van der Waals surface area contributed by atoms with Gasteiger partial charge in [0.05, 0.1) is 23.2 Å². The summed E-state index contributed by atoms with van der Waals surface area (Å²) >= 11 is 3.12. The van der Waals surface area contributed by atoms with E-state index in [9.17, 15) is 14.0 Å². The molecule has 0 bridgehead atoms. The van der Waals surface area contributed by atoms with Crippen LogP contribution in [0.4, 0.5) is 4.39 Å². The molecule has 0 aliphatic rings. The van der Waals surface area contributed by atoms with Gasteiger partial charge in [0, 0.05) is 17.7 Å². The number of benzene rings is 1. The van der Waals surface area contributed by atoms with Crippen LogP contribution in [0.3, 0.4) is 0 Å². The van der Waals surface area contributed by atoms with Crippen molar-refractivity contribution in [3.05, 3.63) is 51.5 Å². The summed E-state index contributed by atoms with van der Waals surface area (Å²) in [7, 11) is 1.69. The maximum atomic E-state index is 13.7. The van der Waals surface area contributed by atoms with E-state index in [0.29, 0.717) is 15.7 Å². The van der Waals surface area contributed by atoms with Crippen LogP contribution in [0.1, 0.15) is 32.8 Å². The Bertz CT molecular complexity index is 694. The van der Waals surface area contributed by atoms with Gasteiger partial charge in [-0.2, -0.15) is 5.10 Å². The molecule has 6 heteroatoms. The lowest BCUT2D eigenvalue weighted by Crippen LogP contribution is -2.10. The molecule has 0 spiro atoms. The summed E-state index contributed by atoms with van der Waals surface area (Å²) in [5, 5.41) is 4.05. The van der Waals surface area contributed by atoms with Gasteiger partial charge in [-0.15, -0.1) is 0 Å². The van der Waals surface area contributed by atoms with E-state index in [1.165, 1.54) is 16.8 Å². The van der Waals surface area contributed by atoms with Crippen LogP contribution in [-0.4, -0.2) is 21.3 Å². The molecule has 1 heterocycles. The Balaban J connectivity index is 2.19. The first-order chi connectivity index (χ1) is 9.38. The Morgan fingerprint density at radius 3 is 2.50 bits per heavy atom. The second-order valence-corrected chi connectivity index (χ2v) is 5.36. The molecule has 0 radical (unpaired) electrons. The number of ketones is 2. The predicted octanol–water partition coefficient (Wildman–Crippen LogP) is 3.09. The molecule has 0 saturated heterocycles. The molecule has 0 saturated carbocycles. The molecule has 4 nitrogen and oxygen atoms in total. The number of carbonyl (C=O) groups is 2. The Morgan fingerprint density at radius 1 is 1.30 bits per heavy atom. The number of nitrogens with zero attached hydrogens (tertiary/aromatic N) is 2. The van der Waals surface area contributed by atoms with Crippen LogP contribution in [0, 0.1) is 12.7 Å². The molecule has 0 atom stereocenters. The van der Waals surface area contributed by atoms with E-state index in [1.54, 1.807) is 26.2 Å². The normalized spacial score (nSPS) is 10.6. The highest BCUT2D eigenvalue weighted by molar-refractivity contribution is 9.10. The molecule has 1 aromatic carbocycles. The minimum absolute atomic E-state index is 0.0805. The number of carbonyl (C=O) groups excluding carboxylic acids is 2. The van der Waals surface area contributed by atoms with Gasteiger partial charge in [0.25, 0.3) is 0 Å². The Hall–Kier alpha value is -1.82. The van der Waals surface area contributed by atoms with Crippen molar-refractivity contribution >= 4 is 27.5 Å². The predicted molar refractivity (Wildman–Crippen MR) is 75.3 cm³/mol. The summed E-state index contributed by atoms with van der Waals surface area (Å²) in [5.74, 6) is -1.54. The average molecular weight is 339 g/mol. The van der Waals surface area contributed by atoms with Crippen LogP contribution in [0.15, 0.2) is 28.9 Å². The zero-order valence-corrected chi connectivity index (χ0v) is 12.6. The molecule has 0 unspecified atom stereocenters. The Labute approximate surface area is 123 Å². The number of aryl methyl sites for hydroxylation is 2. The molecule has 1 aromatic heterocycles. The van der Waals surface area contributed by atoms with Gasteiger partial charge in [-0.05, 0) is 25.1 Å². The van der Waals surface area contributed by atoms with Crippen LogP contribution < -0.4 is 0 Å². The Morgan fingerprint density at radius 2 is 1.95 bits per heavy atom. The molecule has 0 aliphatic carbocycles. The number of hydrogen-bond donors (Lipinski definition) is 0. The number of aromatic nitrogens is 2. The number of hydrogen-bond acceptors (Lipinski definition) is 3. The second-order valence-electron chi connectivity index (χ2n) is 4.45. The first-order valence-corrected chi connectivity index (χ1v) is 6.69. The van der Waals surface area contributed by atoms with Gasteiger partial charge in [-0.3, -0.25) is 14.3 Å². The molecular weight excluding hydrogens is 327 g/mol. The molecule has 2 rings (SSSR count). The van der Waals surface area contributed by atoms with E-state index in [-0.39, 0.29) is 17.8 Å². The van der Waals surface area contributed by atoms with E-state index < -0.39 is 11.6 Å². The highest BCUT2D eigenvalue weighted by atomic mass is 79.9. The lowest BCUT2D eigenvalue weighted by molar-refractivity contribution is 0.0892. The van der Waals surface area contributed by atoms with Crippen LogP contribution >= 0.6 is 15.9 Å². The average Bonchev–Trinajstić information content (AvgIpc) is 2.68. The van der Waals surface area contributed by atoms with Crippen LogP contribution in [0.2, 0.25) is 0 Å². The zero-order valence-electron chi connectivity index (χ0n) is 11.0. The van der Waals surface area contributed by atoms with Crippen molar-refractivity contribution in [1.29, 1.82) is 0 Å². The van der Waals surface area contributed by atoms with Crippen molar-refractivity contribution < 1.29 is 14.0 Å². The first-order valence-electron chi connectivity index (χ1n) is 5.90. The highest BCUT2D eigenvalue weighted by Crippen LogP contribution is 2.18. The van der Waals surface area contributed by atoms with Crippen LogP contribution in [0.25, 0.3) is 0 Å². The van der Waals surface area contributed by atoms with Crippen molar-refractivity contribution in [2.45, 2.75) is 13.3 Å². The minimum Gasteiger partial charge on any atom is -0.294 e. The fraction of sp³-hybridized carbons (Fsp3) is 0.214. The lowest BCUT2D eigenvalue weighted by Gasteiger charge is -2.02. The minimum atomic E-state index is -0.639. The van der Waals surface area contributed by atoms with Crippen molar-refractivity contribution in [3.8, 4) is 0 Å². The fourth-order valence-corrected chi connectivity index (χ4v) is 2.26. The number of halogens is 2. The quantitative estimate of drug-likeness (QED) is 0.635. The largest absolute Gasteiger partial charge is 0.294 e. The standard InChI is InChI=1S/C14H12BrFN2O2/c1-8-11(7-18(2)17-8)14(20)6-13(19)10-4-3-9(15)5-12(10)16/h3-5,7H,6H2,1-2H3. The smallest absolute Gasteiger partial charge is 0.174 e. The van der Waals surface area contributed by atoms with Gasteiger partial charge in [-0.1, -0.05) is 15.9 Å². The van der Waals surface area contributed by atoms with Crippen molar-refractivity contribution in [2.24, 2.45) is 7.05 Å².